The van der Waals surface area contributed by atoms with Gasteiger partial charge >= 0.3 is 6.18 Å². The second-order valence-corrected chi connectivity index (χ2v) is 7.43. The van der Waals surface area contributed by atoms with Gasteiger partial charge in [0.1, 0.15) is 5.75 Å². The standard InChI is InChI=1S/C17H17F3N2O4S/c1-27(24,25)22-15-5-3-2-4-12(15)10-16(23)21-13-6-8-14(9-7-13)26-11-17(18,19)20/h2-9,22H,10-11H2,1H3,(H,21,23). The number of carbonyl (C=O) groups is 1. The summed E-state index contributed by atoms with van der Waals surface area (Å²) in [7, 11) is -3.49. The summed E-state index contributed by atoms with van der Waals surface area (Å²) in [4.78, 5) is 12.2. The second kappa shape index (κ2) is 8.30. The number of nitrogens with one attached hydrogen (secondary N) is 2. The Labute approximate surface area is 154 Å². The van der Waals surface area contributed by atoms with Crippen LogP contribution in [0.15, 0.2) is 48.5 Å². The molecule has 0 radical (unpaired) electrons. The van der Waals surface area contributed by atoms with E-state index < -0.39 is 28.7 Å². The molecule has 0 saturated carbocycles. The molecule has 10 heteroatoms. The number of hydrogen-bond acceptors (Lipinski definition) is 4. The molecule has 2 aromatic carbocycles. The fourth-order valence-corrected chi connectivity index (χ4v) is 2.75. The topological polar surface area (TPSA) is 84.5 Å². The normalized spacial score (nSPS) is 11.7. The molecule has 0 saturated heterocycles. The zero-order valence-electron chi connectivity index (χ0n) is 14.2. The summed E-state index contributed by atoms with van der Waals surface area (Å²) in [5.41, 5.74) is 1.14. The molecule has 1 amide bonds. The number of para-hydroxylation sites is 1. The molecule has 0 spiro atoms. The van der Waals surface area contributed by atoms with E-state index in [0.717, 1.165) is 6.26 Å². The summed E-state index contributed by atoms with van der Waals surface area (Å²) in [5, 5.41) is 2.59. The zero-order valence-corrected chi connectivity index (χ0v) is 15.0. The van der Waals surface area contributed by atoms with E-state index in [2.05, 4.69) is 14.8 Å². The van der Waals surface area contributed by atoms with Crippen molar-refractivity contribution in [1.29, 1.82) is 0 Å². The maximum atomic E-state index is 12.2. The molecule has 2 rings (SSSR count). The molecule has 0 fully saturated rings. The van der Waals surface area contributed by atoms with Crippen LogP contribution in [0.3, 0.4) is 0 Å². The molecule has 2 aromatic rings. The number of sulfonamides is 1. The Bertz CT molecular complexity index is 897. The van der Waals surface area contributed by atoms with Gasteiger partial charge in [-0.15, -0.1) is 0 Å². The highest BCUT2D eigenvalue weighted by Gasteiger charge is 2.28. The van der Waals surface area contributed by atoms with Crippen LogP contribution in [0.1, 0.15) is 5.56 Å². The van der Waals surface area contributed by atoms with Gasteiger partial charge in [0.2, 0.25) is 15.9 Å². The number of carbonyl (C=O) groups excluding carboxylic acids is 1. The van der Waals surface area contributed by atoms with Gasteiger partial charge in [-0.05, 0) is 35.9 Å². The quantitative estimate of drug-likeness (QED) is 0.745. The van der Waals surface area contributed by atoms with Crippen molar-refractivity contribution in [1.82, 2.24) is 0 Å². The van der Waals surface area contributed by atoms with Crippen LogP contribution in [-0.2, 0) is 21.2 Å². The van der Waals surface area contributed by atoms with E-state index in [1.165, 1.54) is 30.3 Å². The Kier molecular flexibility index (Phi) is 6.32. The van der Waals surface area contributed by atoms with E-state index in [1.807, 2.05) is 0 Å². The lowest BCUT2D eigenvalue weighted by atomic mass is 10.1. The third kappa shape index (κ3) is 7.57. The van der Waals surface area contributed by atoms with Crippen LogP contribution in [0, 0.1) is 0 Å². The SMILES string of the molecule is CS(=O)(=O)Nc1ccccc1CC(=O)Nc1ccc(OCC(F)(F)F)cc1. The van der Waals surface area contributed by atoms with Crippen LogP contribution in [0.5, 0.6) is 5.75 Å². The molecule has 0 atom stereocenters. The van der Waals surface area contributed by atoms with E-state index >= 15 is 0 Å². The lowest BCUT2D eigenvalue weighted by Crippen LogP contribution is -2.19. The molecular formula is C17H17F3N2O4S. The maximum Gasteiger partial charge on any atom is 0.422 e. The average Bonchev–Trinajstić information content (AvgIpc) is 2.54. The highest BCUT2D eigenvalue weighted by Crippen LogP contribution is 2.21. The fourth-order valence-electron chi connectivity index (χ4n) is 2.15. The number of anilines is 2. The molecular weight excluding hydrogens is 385 g/mol. The van der Waals surface area contributed by atoms with Gasteiger partial charge in [0.25, 0.3) is 0 Å². The van der Waals surface area contributed by atoms with Crippen LogP contribution in [0.2, 0.25) is 0 Å². The van der Waals surface area contributed by atoms with Crippen molar-refractivity contribution in [2.24, 2.45) is 0 Å². The molecule has 2 N–H and O–H groups in total. The van der Waals surface area contributed by atoms with Gasteiger partial charge in [-0.1, -0.05) is 18.2 Å². The highest BCUT2D eigenvalue weighted by atomic mass is 32.2. The van der Waals surface area contributed by atoms with Crippen LogP contribution in [-0.4, -0.2) is 33.4 Å². The third-order valence-corrected chi connectivity index (χ3v) is 3.80. The van der Waals surface area contributed by atoms with Crippen LogP contribution in [0.25, 0.3) is 0 Å². The predicted molar refractivity (Wildman–Crippen MR) is 95.2 cm³/mol. The number of alkyl halides is 3. The minimum absolute atomic E-state index is 0.0213. The molecule has 6 nitrogen and oxygen atoms in total. The van der Waals surface area contributed by atoms with Crippen LogP contribution in [0.4, 0.5) is 24.5 Å². The smallest absolute Gasteiger partial charge is 0.422 e. The Hall–Kier alpha value is -2.75. The summed E-state index contributed by atoms with van der Waals surface area (Å²) in [6, 6.07) is 11.9. The van der Waals surface area contributed by atoms with E-state index in [4.69, 9.17) is 0 Å². The van der Waals surface area contributed by atoms with Crippen molar-refractivity contribution in [3.05, 3.63) is 54.1 Å². The average molecular weight is 402 g/mol. The molecule has 27 heavy (non-hydrogen) atoms. The molecule has 0 unspecified atom stereocenters. The Morgan fingerprint density at radius 1 is 1.07 bits per heavy atom. The number of benzene rings is 2. The van der Waals surface area contributed by atoms with Crippen LogP contribution < -0.4 is 14.8 Å². The lowest BCUT2D eigenvalue weighted by Gasteiger charge is -2.12. The van der Waals surface area contributed by atoms with Gasteiger partial charge in [-0.3, -0.25) is 9.52 Å². The summed E-state index contributed by atoms with van der Waals surface area (Å²) >= 11 is 0. The summed E-state index contributed by atoms with van der Waals surface area (Å²) in [5.74, 6) is -0.394. The van der Waals surface area contributed by atoms with E-state index in [9.17, 15) is 26.4 Å². The summed E-state index contributed by atoms with van der Waals surface area (Å²) in [6.45, 7) is -1.40. The number of rotatable bonds is 7. The first-order valence-electron chi connectivity index (χ1n) is 7.67. The van der Waals surface area contributed by atoms with Crippen molar-refractivity contribution < 1.29 is 31.1 Å². The second-order valence-electron chi connectivity index (χ2n) is 5.68. The largest absolute Gasteiger partial charge is 0.484 e. The number of halogens is 3. The molecule has 146 valence electrons. The molecule has 0 aliphatic heterocycles. The molecule has 0 bridgehead atoms. The van der Waals surface area contributed by atoms with Gasteiger partial charge in [0, 0.05) is 5.69 Å². The summed E-state index contributed by atoms with van der Waals surface area (Å²) < 4.78 is 66.0. The molecule has 0 aliphatic rings. The molecule has 0 heterocycles. The monoisotopic (exact) mass is 402 g/mol. The van der Waals surface area contributed by atoms with Gasteiger partial charge < -0.3 is 10.1 Å². The van der Waals surface area contributed by atoms with Gasteiger partial charge in [-0.2, -0.15) is 13.2 Å². The van der Waals surface area contributed by atoms with Crippen molar-refractivity contribution in [3.63, 3.8) is 0 Å². The van der Waals surface area contributed by atoms with Gasteiger partial charge in [0.15, 0.2) is 6.61 Å². The first-order chi connectivity index (χ1) is 12.5. The lowest BCUT2D eigenvalue weighted by molar-refractivity contribution is -0.153. The van der Waals surface area contributed by atoms with Crippen molar-refractivity contribution in [2.75, 3.05) is 22.9 Å². The first-order valence-corrected chi connectivity index (χ1v) is 9.56. The fraction of sp³-hybridized carbons (Fsp3) is 0.235. The minimum atomic E-state index is -4.43. The van der Waals surface area contributed by atoms with Gasteiger partial charge in [-0.25, -0.2) is 8.42 Å². The third-order valence-electron chi connectivity index (χ3n) is 3.20. The maximum absolute atomic E-state index is 12.2. The summed E-state index contributed by atoms with van der Waals surface area (Å²) in [6.07, 6.45) is -3.52. The van der Waals surface area contributed by atoms with Gasteiger partial charge in [0.05, 0.1) is 18.4 Å². The van der Waals surface area contributed by atoms with Crippen molar-refractivity contribution >= 4 is 27.3 Å². The van der Waals surface area contributed by atoms with E-state index in [-0.39, 0.29) is 12.2 Å². The highest BCUT2D eigenvalue weighted by molar-refractivity contribution is 7.92. The van der Waals surface area contributed by atoms with Crippen molar-refractivity contribution in [2.45, 2.75) is 12.6 Å². The van der Waals surface area contributed by atoms with E-state index in [1.54, 1.807) is 18.2 Å². The Morgan fingerprint density at radius 2 is 1.70 bits per heavy atom. The Morgan fingerprint density at radius 3 is 2.30 bits per heavy atom. The van der Waals surface area contributed by atoms with E-state index in [0.29, 0.717) is 16.9 Å². The first kappa shape index (κ1) is 20.6. The molecule has 0 aliphatic carbocycles. The minimum Gasteiger partial charge on any atom is -0.484 e. The number of hydrogen-bond donors (Lipinski definition) is 2. The molecule has 0 aromatic heterocycles. The van der Waals surface area contributed by atoms with Crippen molar-refractivity contribution in [3.8, 4) is 5.75 Å². The predicted octanol–water partition coefficient (Wildman–Crippen LogP) is 3.18. The number of amides is 1. The zero-order chi connectivity index (χ0) is 20.1. The Balaban J connectivity index is 1.98. The number of ether oxygens (including phenoxy) is 1. The van der Waals surface area contributed by atoms with Crippen LogP contribution >= 0.6 is 0 Å².